The van der Waals surface area contributed by atoms with Gasteiger partial charge in [-0.15, -0.1) is 11.3 Å². The van der Waals surface area contributed by atoms with Crippen molar-refractivity contribution in [3.8, 4) is 0 Å². The largest absolute Gasteiger partial charge is 0.478 e. The van der Waals surface area contributed by atoms with Crippen LogP contribution >= 0.6 is 22.9 Å². The van der Waals surface area contributed by atoms with Gasteiger partial charge in [-0.2, -0.15) is 0 Å². The lowest BCUT2D eigenvalue weighted by Crippen LogP contribution is -2.08. The quantitative estimate of drug-likeness (QED) is 0.928. The first-order chi connectivity index (χ1) is 9.31. The summed E-state index contributed by atoms with van der Waals surface area (Å²) < 4.78 is 37.7. The maximum atomic E-state index is 13.5. The number of aromatic carboxylic acids is 1. The summed E-state index contributed by atoms with van der Waals surface area (Å²) in [6, 6.07) is 1.55. The predicted octanol–water partition coefficient (Wildman–Crippen LogP) is 2.61. The predicted molar refractivity (Wildman–Crippen MR) is 71.4 cm³/mol. The standard InChI is InChI=1S/C11H7ClFNO4S2/c12-10-7(11(15)16)3-6(4-8(10)13)20(17,18)5-9-14-1-2-19-9/h1-4H,5H2,(H,15,16). The molecule has 106 valence electrons. The second-order valence-corrected chi connectivity index (χ2v) is 7.10. The molecule has 0 saturated heterocycles. The molecule has 1 heterocycles. The maximum Gasteiger partial charge on any atom is 0.337 e. The third-order valence-electron chi connectivity index (χ3n) is 2.39. The zero-order valence-electron chi connectivity index (χ0n) is 9.71. The number of rotatable bonds is 4. The molecule has 0 saturated carbocycles. The van der Waals surface area contributed by atoms with E-state index in [1.807, 2.05) is 0 Å². The van der Waals surface area contributed by atoms with Gasteiger partial charge in [-0.25, -0.2) is 22.6 Å². The Morgan fingerprint density at radius 3 is 2.70 bits per heavy atom. The van der Waals surface area contributed by atoms with Crippen molar-refractivity contribution in [1.82, 2.24) is 4.98 Å². The molecule has 0 fully saturated rings. The van der Waals surface area contributed by atoms with Crippen molar-refractivity contribution < 1.29 is 22.7 Å². The van der Waals surface area contributed by atoms with Crippen molar-refractivity contribution in [2.75, 3.05) is 0 Å². The van der Waals surface area contributed by atoms with Crippen LogP contribution in [0.4, 0.5) is 4.39 Å². The minimum atomic E-state index is -3.89. The maximum absolute atomic E-state index is 13.5. The molecule has 0 atom stereocenters. The number of hydrogen-bond acceptors (Lipinski definition) is 5. The van der Waals surface area contributed by atoms with Crippen molar-refractivity contribution in [3.63, 3.8) is 0 Å². The van der Waals surface area contributed by atoms with E-state index in [0.717, 1.165) is 17.4 Å². The summed E-state index contributed by atoms with van der Waals surface area (Å²) in [5.41, 5.74) is -0.593. The Balaban J connectivity index is 2.49. The zero-order chi connectivity index (χ0) is 14.9. The highest BCUT2D eigenvalue weighted by Gasteiger charge is 2.23. The van der Waals surface area contributed by atoms with E-state index in [9.17, 15) is 17.6 Å². The van der Waals surface area contributed by atoms with E-state index in [1.54, 1.807) is 5.38 Å². The van der Waals surface area contributed by atoms with Gasteiger partial charge in [0.2, 0.25) is 0 Å². The van der Waals surface area contributed by atoms with Gasteiger partial charge in [0, 0.05) is 11.6 Å². The number of carbonyl (C=O) groups is 1. The van der Waals surface area contributed by atoms with Crippen molar-refractivity contribution in [2.45, 2.75) is 10.6 Å². The highest BCUT2D eigenvalue weighted by Crippen LogP contribution is 2.26. The molecule has 2 rings (SSSR count). The van der Waals surface area contributed by atoms with Gasteiger partial charge in [-0.1, -0.05) is 11.6 Å². The first-order valence-corrected chi connectivity index (χ1v) is 8.05. The van der Waals surface area contributed by atoms with E-state index in [2.05, 4.69) is 4.98 Å². The topological polar surface area (TPSA) is 84.3 Å². The van der Waals surface area contributed by atoms with Gasteiger partial charge in [0.05, 0.1) is 15.5 Å². The van der Waals surface area contributed by atoms with Gasteiger partial charge in [-0.3, -0.25) is 0 Å². The van der Waals surface area contributed by atoms with Crippen LogP contribution in [0, 0.1) is 5.82 Å². The fraction of sp³-hybridized carbons (Fsp3) is 0.0909. The van der Waals surface area contributed by atoms with E-state index in [0.29, 0.717) is 11.1 Å². The molecule has 0 bridgehead atoms. The Morgan fingerprint density at radius 1 is 1.45 bits per heavy atom. The number of hydrogen-bond donors (Lipinski definition) is 1. The zero-order valence-corrected chi connectivity index (χ0v) is 12.1. The molecular formula is C11H7ClFNO4S2. The molecule has 0 aliphatic carbocycles. The summed E-state index contributed by atoms with van der Waals surface area (Å²) in [6.45, 7) is 0. The Bertz CT molecular complexity index is 759. The third-order valence-corrected chi connectivity index (χ3v) is 5.34. The van der Waals surface area contributed by atoms with E-state index in [4.69, 9.17) is 16.7 Å². The van der Waals surface area contributed by atoms with Crippen LogP contribution < -0.4 is 0 Å². The fourth-order valence-corrected chi connectivity index (χ4v) is 3.94. The Morgan fingerprint density at radius 2 is 2.15 bits per heavy atom. The Kier molecular flexibility index (Phi) is 4.07. The summed E-state index contributed by atoms with van der Waals surface area (Å²) >= 11 is 6.63. The van der Waals surface area contributed by atoms with Crippen molar-refractivity contribution in [3.05, 3.63) is 45.1 Å². The molecule has 2 aromatic rings. The summed E-state index contributed by atoms with van der Waals surface area (Å²) in [4.78, 5) is 14.3. The molecular weight excluding hydrogens is 329 g/mol. The number of thiazole rings is 1. The number of carboxylic acids is 1. The molecule has 1 aromatic carbocycles. The van der Waals surface area contributed by atoms with E-state index < -0.39 is 42.9 Å². The summed E-state index contributed by atoms with van der Waals surface area (Å²) in [5, 5.41) is 10.2. The van der Waals surface area contributed by atoms with Crippen LogP contribution in [-0.2, 0) is 15.6 Å². The van der Waals surface area contributed by atoms with Gasteiger partial charge in [0.25, 0.3) is 0 Å². The average Bonchev–Trinajstić information content (AvgIpc) is 2.83. The van der Waals surface area contributed by atoms with Gasteiger partial charge in [-0.05, 0) is 12.1 Å². The third kappa shape index (κ3) is 2.97. The van der Waals surface area contributed by atoms with Gasteiger partial charge in [0.15, 0.2) is 9.84 Å². The lowest BCUT2D eigenvalue weighted by molar-refractivity contribution is 0.0696. The number of aromatic nitrogens is 1. The number of sulfone groups is 1. The normalized spacial score (nSPS) is 11.5. The van der Waals surface area contributed by atoms with Crippen LogP contribution in [0.1, 0.15) is 15.4 Å². The minimum Gasteiger partial charge on any atom is -0.478 e. The SMILES string of the molecule is O=C(O)c1cc(S(=O)(=O)Cc2nccs2)cc(F)c1Cl. The molecule has 0 unspecified atom stereocenters. The van der Waals surface area contributed by atoms with Crippen molar-refractivity contribution >= 4 is 38.7 Å². The highest BCUT2D eigenvalue weighted by molar-refractivity contribution is 7.90. The molecule has 0 aliphatic rings. The first kappa shape index (κ1) is 14.9. The lowest BCUT2D eigenvalue weighted by atomic mass is 10.2. The van der Waals surface area contributed by atoms with Crippen LogP contribution in [0.25, 0.3) is 0 Å². The monoisotopic (exact) mass is 335 g/mol. The Labute approximate surface area is 122 Å². The van der Waals surface area contributed by atoms with Crippen LogP contribution in [0.2, 0.25) is 5.02 Å². The van der Waals surface area contributed by atoms with Crippen LogP contribution in [0.5, 0.6) is 0 Å². The van der Waals surface area contributed by atoms with E-state index in [1.165, 1.54) is 6.20 Å². The minimum absolute atomic E-state index is 0.331. The van der Waals surface area contributed by atoms with Crippen LogP contribution in [0.3, 0.4) is 0 Å². The fourth-order valence-electron chi connectivity index (χ4n) is 1.47. The average molecular weight is 336 g/mol. The molecule has 1 aromatic heterocycles. The smallest absolute Gasteiger partial charge is 0.337 e. The van der Waals surface area contributed by atoms with Crippen molar-refractivity contribution in [1.29, 1.82) is 0 Å². The van der Waals surface area contributed by atoms with Crippen LogP contribution in [-0.4, -0.2) is 24.5 Å². The highest BCUT2D eigenvalue weighted by atomic mass is 35.5. The summed E-state index contributed by atoms with van der Waals surface area (Å²) in [6.07, 6.45) is 1.45. The molecule has 0 amide bonds. The van der Waals surface area contributed by atoms with Gasteiger partial charge >= 0.3 is 5.97 Å². The second-order valence-electron chi connectivity index (χ2n) is 3.76. The number of nitrogens with zero attached hydrogens (tertiary/aromatic N) is 1. The van der Waals surface area contributed by atoms with E-state index in [-0.39, 0.29) is 0 Å². The van der Waals surface area contributed by atoms with E-state index >= 15 is 0 Å². The Hall–Kier alpha value is -1.51. The second kappa shape index (κ2) is 5.47. The van der Waals surface area contributed by atoms with Gasteiger partial charge < -0.3 is 5.11 Å². The lowest BCUT2D eigenvalue weighted by Gasteiger charge is -2.06. The van der Waals surface area contributed by atoms with Gasteiger partial charge in [0.1, 0.15) is 16.6 Å². The van der Waals surface area contributed by atoms with Crippen molar-refractivity contribution in [2.24, 2.45) is 0 Å². The molecule has 0 aliphatic heterocycles. The number of benzene rings is 1. The molecule has 0 spiro atoms. The molecule has 20 heavy (non-hydrogen) atoms. The molecule has 9 heteroatoms. The first-order valence-electron chi connectivity index (χ1n) is 5.15. The number of carboxylic acid groups (broad SMARTS) is 1. The molecule has 1 N–H and O–H groups in total. The summed E-state index contributed by atoms with van der Waals surface area (Å²) in [5.74, 6) is -3.02. The number of halogens is 2. The molecule has 5 nitrogen and oxygen atoms in total. The summed E-state index contributed by atoms with van der Waals surface area (Å²) in [7, 11) is -3.89. The van der Waals surface area contributed by atoms with Crippen LogP contribution in [0.15, 0.2) is 28.6 Å². The molecule has 0 radical (unpaired) electrons.